The molecule has 1 saturated carbocycles. The van der Waals surface area contributed by atoms with Crippen LogP contribution in [0.4, 0.5) is 5.82 Å². The van der Waals surface area contributed by atoms with Gasteiger partial charge in [-0.1, -0.05) is 19.3 Å². The van der Waals surface area contributed by atoms with Gasteiger partial charge in [-0.2, -0.15) is 0 Å². The zero-order valence-electron chi connectivity index (χ0n) is 16.9. The Morgan fingerprint density at radius 3 is 2.48 bits per heavy atom. The minimum atomic E-state index is 0.184. The average molecular weight is 373 g/mol. The highest BCUT2D eigenvalue weighted by molar-refractivity contribution is 5.79. The Morgan fingerprint density at radius 1 is 1.07 bits per heavy atom. The molecule has 0 aromatic carbocycles. The summed E-state index contributed by atoms with van der Waals surface area (Å²) in [7, 11) is 0. The van der Waals surface area contributed by atoms with Crippen molar-refractivity contribution in [1.29, 1.82) is 0 Å². The topological polar surface area (TPSA) is 58.6 Å². The summed E-state index contributed by atoms with van der Waals surface area (Å²) in [5.41, 5.74) is 2.27. The van der Waals surface area contributed by atoms with E-state index >= 15 is 0 Å². The quantitative estimate of drug-likeness (QED) is 0.799. The van der Waals surface area contributed by atoms with Crippen molar-refractivity contribution in [1.82, 2.24) is 14.9 Å². The second kappa shape index (κ2) is 7.74. The van der Waals surface area contributed by atoms with E-state index < -0.39 is 0 Å². The zero-order chi connectivity index (χ0) is 19.0. The number of fused-ring (bicyclic) bond motifs is 1. The first kappa shape index (κ1) is 18.7. The summed E-state index contributed by atoms with van der Waals surface area (Å²) in [5, 5.41) is 0. The molecule has 1 amide bonds. The van der Waals surface area contributed by atoms with Gasteiger partial charge < -0.3 is 14.5 Å². The number of carbonyl (C=O) groups excluding carboxylic acids is 1. The van der Waals surface area contributed by atoms with E-state index in [0.717, 1.165) is 61.8 Å². The maximum absolute atomic E-state index is 13.1. The lowest BCUT2D eigenvalue weighted by atomic mass is 9.87. The van der Waals surface area contributed by atoms with E-state index in [1.807, 2.05) is 6.92 Å². The van der Waals surface area contributed by atoms with Crippen molar-refractivity contribution in [3.63, 3.8) is 0 Å². The van der Waals surface area contributed by atoms with E-state index in [0.29, 0.717) is 12.5 Å². The van der Waals surface area contributed by atoms with Gasteiger partial charge in [0.2, 0.25) is 5.91 Å². The van der Waals surface area contributed by atoms with Gasteiger partial charge in [0, 0.05) is 37.5 Å². The van der Waals surface area contributed by atoms with Gasteiger partial charge in [-0.15, -0.1) is 0 Å². The average Bonchev–Trinajstić information content (AvgIpc) is 2.66. The molecule has 2 fully saturated rings. The number of hydrogen-bond acceptors (Lipinski definition) is 5. The zero-order valence-corrected chi connectivity index (χ0v) is 16.9. The first-order chi connectivity index (χ1) is 13.0. The van der Waals surface area contributed by atoms with Gasteiger partial charge in [-0.25, -0.2) is 9.97 Å². The molecule has 3 heterocycles. The van der Waals surface area contributed by atoms with E-state index in [1.165, 1.54) is 19.3 Å². The van der Waals surface area contributed by atoms with Gasteiger partial charge in [-0.05, 0) is 33.6 Å². The predicted molar refractivity (Wildman–Crippen MR) is 105 cm³/mol. The van der Waals surface area contributed by atoms with Crippen LogP contribution in [0.15, 0.2) is 0 Å². The predicted octanol–water partition coefficient (Wildman–Crippen LogP) is 2.86. The molecule has 0 radical (unpaired) electrons. The van der Waals surface area contributed by atoms with E-state index in [-0.39, 0.29) is 18.1 Å². The Hall–Kier alpha value is -1.69. The Kier molecular flexibility index (Phi) is 5.35. The molecule has 3 aliphatic rings. The molecular weight excluding hydrogens is 340 g/mol. The Labute approximate surface area is 162 Å². The Bertz CT molecular complexity index is 692. The summed E-state index contributed by atoms with van der Waals surface area (Å²) >= 11 is 0. The number of aryl methyl sites for hydroxylation is 1. The van der Waals surface area contributed by atoms with Gasteiger partial charge in [-0.3, -0.25) is 4.79 Å². The van der Waals surface area contributed by atoms with E-state index in [2.05, 4.69) is 23.6 Å². The van der Waals surface area contributed by atoms with E-state index in [9.17, 15) is 4.79 Å². The lowest BCUT2D eigenvalue weighted by Crippen LogP contribution is -2.47. The van der Waals surface area contributed by atoms with Crippen LogP contribution >= 0.6 is 0 Å². The van der Waals surface area contributed by atoms with Gasteiger partial charge in [0.25, 0.3) is 0 Å². The number of hydrogen-bond donors (Lipinski definition) is 0. The summed E-state index contributed by atoms with van der Waals surface area (Å²) < 4.78 is 5.90. The van der Waals surface area contributed by atoms with Crippen LogP contribution < -0.4 is 4.90 Å². The van der Waals surface area contributed by atoms with Crippen molar-refractivity contribution in [3.8, 4) is 0 Å². The van der Waals surface area contributed by atoms with Crippen LogP contribution in [0.2, 0.25) is 0 Å². The number of amides is 1. The highest BCUT2D eigenvalue weighted by Crippen LogP contribution is 2.31. The molecule has 4 rings (SSSR count). The van der Waals surface area contributed by atoms with Crippen LogP contribution in [-0.4, -0.2) is 52.6 Å². The normalized spacial score (nSPS) is 26.8. The minimum Gasteiger partial charge on any atom is -0.372 e. The SMILES string of the molecule is Cc1nc2c(c(N3C[C@@H](C)O[C@@H](C)C3)n1)CN(C(=O)C1CCCCC1)CC2. The van der Waals surface area contributed by atoms with Crippen LogP contribution in [0.5, 0.6) is 0 Å². The molecule has 27 heavy (non-hydrogen) atoms. The Balaban J connectivity index is 1.59. The fourth-order valence-corrected chi connectivity index (χ4v) is 4.93. The van der Waals surface area contributed by atoms with Gasteiger partial charge in [0.1, 0.15) is 11.6 Å². The van der Waals surface area contributed by atoms with Crippen molar-refractivity contribution in [2.24, 2.45) is 5.92 Å². The molecule has 1 aromatic heterocycles. The van der Waals surface area contributed by atoms with Crippen molar-refractivity contribution >= 4 is 11.7 Å². The molecule has 1 aliphatic carbocycles. The summed E-state index contributed by atoms with van der Waals surface area (Å²) in [6.07, 6.45) is 6.97. The molecule has 1 aromatic rings. The molecular formula is C21H32N4O2. The molecule has 6 heteroatoms. The molecule has 1 saturated heterocycles. The molecule has 148 valence electrons. The van der Waals surface area contributed by atoms with E-state index in [1.54, 1.807) is 0 Å². The number of nitrogens with zero attached hydrogens (tertiary/aromatic N) is 4. The number of carbonyl (C=O) groups is 1. The molecule has 2 aliphatic heterocycles. The summed E-state index contributed by atoms with van der Waals surface area (Å²) in [5.74, 6) is 2.40. The molecule has 2 atom stereocenters. The highest BCUT2D eigenvalue weighted by Gasteiger charge is 2.33. The summed E-state index contributed by atoms with van der Waals surface area (Å²) in [6.45, 7) is 9.31. The third kappa shape index (κ3) is 3.96. The smallest absolute Gasteiger partial charge is 0.225 e. The first-order valence-corrected chi connectivity index (χ1v) is 10.6. The summed E-state index contributed by atoms with van der Waals surface area (Å²) in [4.78, 5) is 27.0. The fraction of sp³-hybridized carbons (Fsp3) is 0.762. The van der Waals surface area contributed by atoms with E-state index in [4.69, 9.17) is 14.7 Å². The number of rotatable bonds is 2. The first-order valence-electron chi connectivity index (χ1n) is 10.6. The maximum Gasteiger partial charge on any atom is 0.225 e. The lowest BCUT2D eigenvalue weighted by molar-refractivity contribution is -0.137. The van der Waals surface area contributed by atoms with Gasteiger partial charge in [0.15, 0.2) is 0 Å². The highest BCUT2D eigenvalue weighted by atomic mass is 16.5. The summed E-state index contributed by atoms with van der Waals surface area (Å²) in [6, 6.07) is 0. The molecule has 0 unspecified atom stereocenters. The largest absolute Gasteiger partial charge is 0.372 e. The van der Waals surface area contributed by atoms with Crippen molar-refractivity contribution in [3.05, 3.63) is 17.1 Å². The van der Waals surface area contributed by atoms with Crippen molar-refractivity contribution in [2.75, 3.05) is 24.5 Å². The van der Waals surface area contributed by atoms with Crippen LogP contribution in [0.1, 0.15) is 63.0 Å². The van der Waals surface area contributed by atoms with Crippen molar-refractivity contribution < 1.29 is 9.53 Å². The molecule has 6 nitrogen and oxygen atoms in total. The number of anilines is 1. The monoisotopic (exact) mass is 372 g/mol. The standard InChI is InChI=1S/C21H32N4O2/c1-14-11-25(12-15(2)27-14)20-18-13-24(10-9-19(18)22-16(3)23-20)21(26)17-7-5-4-6-8-17/h14-15,17H,4-13H2,1-3H3/t14-,15+. The number of morpholine rings is 1. The van der Waals surface area contributed by atoms with Crippen LogP contribution in [0, 0.1) is 12.8 Å². The second-order valence-electron chi connectivity index (χ2n) is 8.53. The Morgan fingerprint density at radius 2 is 1.78 bits per heavy atom. The lowest BCUT2D eigenvalue weighted by Gasteiger charge is -2.39. The van der Waals surface area contributed by atoms with Gasteiger partial charge >= 0.3 is 0 Å². The fourth-order valence-electron chi connectivity index (χ4n) is 4.93. The number of aromatic nitrogens is 2. The molecule has 0 bridgehead atoms. The van der Waals surface area contributed by atoms with Crippen LogP contribution in [-0.2, 0) is 22.5 Å². The van der Waals surface area contributed by atoms with Crippen LogP contribution in [0.3, 0.4) is 0 Å². The maximum atomic E-state index is 13.1. The third-order valence-corrected chi connectivity index (χ3v) is 6.14. The third-order valence-electron chi connectivity index (χ3n) is 6.14. The number of ether oxygens (including phenoxy) is 1. The minimum absolute atomic E-state index is 0.184. The molecule has 0 spiro atoms. The van der Waals surface area contributed by atoms with Gasteiger partial charge in [0.05, 0.1) is 24.4 Å². The van der Waals surface area contributed by atoms with Crippen LogP contribution in [0.25, 0.3) is 0 Å². The second-order valence-corrected chi connectivity index (χ2v) is 8.53. The molecule has 0 N–H and O–H groups in total. The van der Waals surface area contributed by atoms with Crippen molar-refractivity contribution in [2.45, 2.75) is 78.0 Å².